The average molecular weight is 240 g/mol. The summed E-state index contributed by atoms with van der Waals surface area (Å²) in [6.45, 7) is 11.8. The van der Waals surface area contributed by atoms with Crippen LogP contribution in [0.1, 0.15) is 59.8 Å². The highest BCUT2D eigenvalue weighted by Gasteiger charge is 2.29. The van der Waals surface area contributed by atoms with Crippen LogP contribution in [0.4, 0.5) is 0 Å². The fourth-order valence-electron chi connectivity index (χ4n) is 2.57. The van der Waals surface area contributed by atoms with Crippen LogP contribution in [0.25, 0.3) is 0 Å². The summed E-state index contributed by atoms with van der Waals surface area (Å²) in [5.41, 5.74) is 0.440. The van der Waals surface area contributed by atoms with Crippen LogP contribution in [0, 0.1) is 5.41 Å². The predicted molar refractivity (Wildman–Crippen MR) is 76.4 cm³/mol. The van der Waals surface area contributed by atoms with Gasteiger partial charge in [-0.15, -0.1) is 0 Å². The van der Waals surface area contributed by atoms with E-state index in [4.69, 9.17) is 0 Å². The summed E-state index contributed by atoms with van der Waals surface area (Å²) < 4.78 is 0. The molecule has 17 heavy (non-hydrogen) atoms. The molecule has 2 heteroatoms. The molecule has 2 nitrogen and oxygen atoms in total. The molecule has 0 aliphatic heterocycles. The highest BCUT2D eigenvalue weighted by atomic mass is 15.1. The van der Waals surface area contributed by atoms with Crippen molar-refractivity contribution in [3.05, 3.63) is 0 Å². The molecule has 1 rings (SSSR count). The first kappa shape index (κ1) is 15.0. The van der Waals surface area contributed by atoms with Gasteiger partial charge in [-0.1, -0.05) is 27.2 Å². The molecule has 1 N–H and O–H groups in total. The van der Waals surface area contributed by atoms with Crippen LogP contribution in [-0.4, -0.2) is 37.1 Å². The fourth-order valence-corrected chi connectivity index (χ4v) is 2.57. The molecule has 0 aromatic rings. The largest absolute Gasteiger partial charge is 0.313 e. The van der Waals surface area contributed by atoms with Gasteiger partial charge in [-0.3, -0.25) is 0 Å². The summed E-state index contributed by atoms with van der Waals surface area (Å²) in [5.74, 6) is 0. The standard InChI is InChI=1S/C15H32N2/c1-6-10-15(4,11-16-14-8-9-14)12-17(5)13(3)7-2/h13-14,16H,6-12H2,1-5H3. The quantitative estimate of drug-likeness (QED) is 0.665. The molecular weight excluding hydrogens is 208 g/mol. The second kappa shape index (κ2) is 6.75. The zero-order valence-electron chi connectivity index (χ0n) is 12.6. The van der Waals surface area contributed by atoms with Crippen LogP contribution < -0.4 is 5.32 Å². The molecule has 0 bridgehead atoms. The van der Waals surface area contributed by atoms with Crippen LogP contribution >= 0.6 is 0 Å². The Morgan fingerprint density at radius 1 is 1.35 bits per heavy atom. The van der Waals surface area contributed by atoms with Crippen molar-refractivity contribution in [1.29, 1.82) is 0 Å². The predicted octanol–water partition coefficient (Wildman–Crippen LogP) is 3.28. The molecule has 0 aromatic heterocycles. The third kappa shape index (κ3) is 5.39. The maximum absolute atomic E-state index is 3.72. The molecule has 0 heterocycles. The monoisotopic (exact) mass is 240 g/mol. The Morgan fingerprint density at radius 2 is 2.00 bits per heavy atom. The number of nitrogens with one attached hydrogen (secondary N) is 1. The SMILES string of the molecule is CCCC(C)(CNC1CC1)CN(C)C(C)CC. The van der Waals surface area contributed by atoms with Gasteiger partial charge in [-0.25, -0.2) is 0 Å². The fraction of sp³-hybridized carbons (Fsp3) is 1.00. The van der Waals surface area contributed by atoms with Gasteiger partial charge in [0.15, 0.2) is 0 Å². The van der Waals surface area contributed by atoms with Gasteiger partial charge in [-0.05, 0) is 45.1 Å². The van der Waals surface area contributed by atoms with Crippen LogP contribution in [-0.2, 0) is 0 Å². The number of hydrogen-bond donors (Lipinski definition) is 1. The van der Waals surface area contributed by atoms with Crippen molar-refractivity contribution >= 4 is 0 Å². The molecule has 1 aliphatic carbocycles. The van der Waals surface area contributed by atoms with E-state index < -0.39 is 0 Å². The van der Waals surface area contributed by atoms with E-state index in [-0.39, 0.29) is 0 Å². The lowest BCUT2D eigenvalue weighted by Crippen LogP contribution is -2.44. The second-order valence-corrected chi connectivity index (χ2v) is 6.39. The van der Waals surface area contributed by atoms with Crippen molar-refractivity contribution in [3.8, 4) is 0 Å². The topological polar surface area (TPSA) is 15.3 Å². The molecule has 1 saturated carbocycles. The number of rotatable bonds is 9. The zero-order valence-corrected chi connectivity index (χ0v) is 12.6. The first-order valence-corrected chi connectivity index (χ1v) is 7.44. The van der Waals surface area contributed by atoms with Crippen LogP contribution in [0.3, 0.4) is 0 Å². The summed E-state index contributed by atoms with van der Waals surface area (Å²) in [7, 11) is 2.28. The highest BCUT2D eigenvalue weighted by Crippen LogP contribution is 2.27. The molecule has 0 amide bonds. The molecule has 1 aliphatic rings. The molecule has 0 spiro atoms. The summed E-state index contributed by atoms with van der Waals surface area (Å²) >= 11 is 0. The summed E-state index contributed by atoms with van der Waals surface area (Å²) in [4.78, 5) is 2.53. The van der Waals surface area contributed by atoms with Crippen LogP contribution in [0.2, 0.25) is 0 Å². The van der Waals surface area contributed by atoms with Gasteiger partial charge in [-0.2, -0.15) is 0 Å². The molecule has 0 radical (unpaired) electrons. The van der Waals surface area contributed by atoms with Gasteiger partial charge in [0.2, 0.25) is 0 Å². The minimum atomic E-state index is 0.440. The van der Waals surface area contributed by atoms with Crippen molar-refractivity contribution in [2.24, 2.45) is 5.41 Å². The van der Waals surface area contributed by atoms with Crippen LogP contribution in [0.5, 0.6) is 0 Å². The van der Waals surface area contributed by atoms with Crippen molar-refractivity contribution in [2.45, 2.75) is 71.9 Å². The molecule has 2 unspecified atom stereocenters. The van der Waals surface area contributed by atoms with E-state index in [1.165, 1.54) is 45.2 Å². The summed E-state index contributed by atoms with van der Waals surface area (Å²) in [6.07, 6.45) is 6.65. The van der Waals surface area contributed by atoms with E-state index >= 15 is 0 Å². The minimum absolute atomic E-state index is 0.440. The lowest BCUT2D eigenvalue weighted by molar-refractivity contribution is 0.139. The third-order valence-corrected chi connectivity index (χ3v) is 4.22. The van der Waals surface area contributed by atoms with E-state index in [0.717, 1.165) is 6.04 Å². The molecule has 0 aromatic carbocycles. The molecule has 0 saturated heterocycles. The highest BCUT2D eigenvalue weighted by molar-refractivity contribution is 4.87. The van der Waals surface area contributed by atoms with Gasteiger partial charge in [0.25, 0.3) is 0 Å². The average Bonchev–Trinajstić information content (AvgIpc) is 3.09. The number of hydrogen-bond acceptors (Lipinski definition) is 2. The molecule has 2 atom stereocenters. The Balaban J connectivity index is 2.43. The lowest BCUT2D eigenvalue weighted by atomic mass is 9.84. The summed E-state index contributed by atoms with van der Waals surface area (Å²) in [6, 6.07) is 1.53. The molecule has 102 valence electrons. The molecule has 1 fully saturated rings. The maximum atomic E-state index is 3.72. The van der Waals surface area contributed by atoms with Crippen LogP contribution in [0.15, 0.2) is 0 Å². The number of nitrogens with zero attached hydrogens (tertiary/aromatic N) is 1. The van der Waals surface area contributed by atoms with Gasteiger partial charge in [0, 0.05) is 25.2 Å². The van der Waals surface area contributed by atoms with E-state index in [0.29, 0.717) is 11.5 Å². The molecular formula is C15H32N2. The normalized spacial score (nSPS) is 21.5. The summed E-state index contributed by atoms with van der Waals surface area (Å²) in [5, 5.41) is 3.72. The Hall–Kier alpha value is -0.0800. The van der Waals surface area contributed by atoms with E-state index in [9.17, 15) is 0 Å². The van der Waals surface area contributed by atoms with Gasteiger partial charge in [0.05, 0.1) is 0 Å². The van der Waals surface area contributed by atoms with E-state index in [1.807, 2.05) is 0 Å². The van der Waals surface area contributed by atoms with Crippen molar-refractivity contribution in [1.82, 2.24) is 10.2 Å². The third-order valence-electron chi connectivity index (χ3n) is 4.22. The second-order valence-electron chi connectivity index (χ2n) is 6.39. The first-order valence-electron chi connectivity index (χ1n) is 7.44. The lowest BCUT2D eigenvalue weighted by Gasteiger charge is -2.36. The van der Waals surface area contributed by atoms with Crippen molar-refractivity contribution in [3.63, 3.8) is 0 Å². The van der Waals surface area contributed by atoms with Gasteiger partial charge >= 0.3 is 0 Å². The smallest absolute Gasteiger partial charge is 0.00684 e. The Bertz CT molecular complexity index is 213. The maximum Gasteiger partial charge on any atom is 0.00684 e. The van der Waals surface area contributed by atoms with E-state index in [1.54, 1.807) is 0 Å². The minimum Gasteiger partial charge on any atom is -0.313 e. The van der Waals surface area contributed by atoms with Crippen molar-refractivity contribution in [2.75, 3.05) is 20.1 Å². The Morgan fingerprint density at radius 3 is 2.47 bits per heavy atom. The van der Waals surface area contributed by atoms with E-state index in [2.05, 4.69) is 45.0 Å². The Labute approximate surface area is 108 Å². The van der Waals surface area contributed by atoms with Gasteiger partial charge < -0.3 is 10.2 Å². The zero-order chi connectivity index (χ0) is 12.9. The van der Waals surface area contributed by atoms with Crippen molar-refractivity contribution < 1.29 is 0 Å². The Kier molecular flexibility index (Phi) is 5.94. The van der Waals surface area contributed by atoms with Gasteiger partial charge in [0.1, 0.15) is 0 Å². The first-order chi connectivity index (χ1) is 8.00.